The van der Waals surface area contributed by atoms with E-state index in [1.165, 1.54) is 5.39 Å². The van der Waals surface area contributed by atoms with E-state index in [4.69, 9.17) is 33.9 Å². The molecule has 2 heterocycles. The lowest BCUT2D eigenvalue weighted by atomic mass is 10.0. The van der Waals surface area contributed by atoms with E-state index in [0.29, 0.717) is 24.0 Å². The highest BCUT2D eigenvalue weighted by Gasteiger charge is 2.42. The van der Waals surface area contributed by atoms with Crippen molar-refractivity contribution in [2.24, 2.45) is 4.99 Å². The first-order valence-corrected chi connectivity index (χ1v) is 13.3. The van der Waals surface area contributed by atoms with Crippen molar-refractivity contribution < 1.29 is 4.57 Å². The zero-order chi connectivity index (χ0) is 25.9. The number of rotatable bonds is 7. The maximum absolute atomic E-state index is 6.14. The zero-order valence-electron chi connectivity index (χ0n) is 21.3. The molecule has 0 radical (unpaired) electrons. The van der Waals surface area contributed by atoms with Crippen molar-refractivity contribution >= 4 is 51.5 Å². The smallest absolute Gasteiger partial charge is 0.285 e. The van der Waals surface area contributed by atoms with Crippen molar-refractivity contribution in [3.8, 4) is 0 Å². The Morgan fingerprint density at radius 1 is 1.14 bits per heavy atom. The minimum absolute atomic E-state index is 0.314. The van der Waals surface area contributed by atoms with Gasteiger partial charge in [-0.25, -0.2) is 19.9 Å². The molecule has 0 fully saturated rings. The van der Waals surface area contributed by atoms with E-state index in [0.717, 1.165) is 46.2 Å². The van der Waals surface area contributed by atoms with Crippen molar-refractivity contribution in [2.45, 2.75) is 46.3 Å². The largest absolute Gasteiger partial charge is 0.354 e. The van der Waals surface area contributed by atoms with Crippen molar-refractivity contribution in [2.75, 3.05) is 11.9 Å². The number of aromatic nitrogens is 3. The van der Waals surface area contributed by atoms with E-state index in [1.54, 1.807) is 0 Å². The summed E-state index contributed by atoms with van der Waals surface area (Å²) in [6.07, 6.45) is 1.75. The summed E-state index contributed by atoms with van der Waals surface area (Å²) in [5.41, 5.74) is 5.63. The number of anilines is 1. The fourth-order valence-corrected chi connectivity index (χ4v) is 4.89. The number of halogens is 1. The molecule has 7 nitrogen and oxygen atoms in total. The number of hydrogen-bond donors (Lipinski definition) is 2. The van der Waals surface area contributed by atoms with E-state index >= 15 is 0 Å². The van der Waals surface area contributed by atoms with Gasteiger partial charge in [-0.2, -0.15) is 0 Å². The van der Waals surface area contributed by atoms with E-state index in [2.05, 4.69) is 64.7 Å². The van der Waals surface area contributed by atoms with Gasteiger partial charge in [0.1, 0.15) is 0 Å². The lowest BCUT2D eigenvalue weighted by Crippen LogP contribution is -2.57. The molecule has 0 saturated carbocycles. The van der Waals surface area contributed by atoms with Crippen molar-refractivity contribution in [3.63, 3.8) is 0 Å². The minimum atomic E-state index is -0.314. The molecule has 190 valence electrons. The summed E-state index contributed by atoms with van der Waals surface area (Å²) in [7, 11) is 0. The summed E-state index contributed by atoms with van der Waals surface area (Å²) in [5, 5.41) is 13.7. The van der Waals surface area contributed by atoms with Crippen LogP contribution in [0.25, 0.3) is 10.8 Å². The molecule has 0 aliphatic carbocycles. The Hall–Kier alpha value is -3.49. The second-order valence-electron chi connectivity index (χ2n) is 9.19. The molecule has 5 rings (SSSR count). The standard InChI is InChI=1S/C28H30ClN7S/c1-4-5-17-30-27-31-28-34(18-21-13-15-23(29)16-14-21)19(2)32-36(28)26(35(27)33-20(3)37)25-12-8-10-22-9-6-7-11-24(22)25/h6-16,26H,4-5,17-18H2,1-3H3,(H,33,37)/p+1. The Labute approximate surface area is 227 Å². The van der Waals surface area contributed by atoms with Crippen LogP contribution < -0.4 is 15.3 Å². The SMILES string of the molecule is CCCCN=C1Nc2n(nc(C)[n+]2Cc2ccc(Cl)cc2)C(c2cccc3ccccc23)N1NC(C)=S. The molecule has 3 aromatic carbocycles. The first-order valence-electron chi connectivity index (χ1n) is 12.5. The molecule has 1 aliphatic heterocycles. The van der Waals surface area contributed by atoms with Gasteiger partial charge in [0.15, 0.2) is 0 Å². The van der Waals surface area contributed by atoms with Crippen LogP contribution in [0.2, 0.25) is 5.02 Å². The van der Waals surface area contributed by atoms with Crippen LogP contribution in [-0.4, -0.2) is 32.3 Å². The molecule has 37 heavy (non-hydrogen) atoms. The zero-order valence-corrected chi connectivity index (χ0v) is 22.9. The summed E-state index contributed by atoms with van der Waals surface area (Å²) in [4.78, 5) is 5.62. The highest BCUT2D eigenvalue weighted by Crippen LogP contribution is 2.33. The highest BCUT2D eigenvalue weighted by molar-refractivity contribution is 7.80. The number of aryl methyl sites for hydroxylation is 1. The van der Waals surface area contributed by atoms with Gasteiger partial charge in [0, 0.05) is 24.1 Å². The maximum atomic E-state index is 6.14. The Morgan fingerprint density at radius 2 is 1.89 bits per heavy atom. The summed E-state index contributed by atoms with van der Waals surface area (Å²) in [6, 6.07) is 22.7. The van der Waals surface area contributed by atoms with Gasteiger partial charge < -0.3 is 0 Å². The number of fused-ring (bicyclic) bond motifs is 2. The number of unbranched alkanes of at least 4 members (excludes halogenated alkanes) is 1. The Balaban J connectivity index is 1.70. The molecule has 1 aliphatic rings. The molecule has 4 aromatic rings. The Morgan fingerprint density at radius 3 is 2.65 bits per heavy atom. The molecule has 1 aromatic heterocycles. The normalized spacial score (nSPS) is 16.1. The lowest BCUT2D eigenvalue weighted by molar-refractivity contribution is -0.681. The Bertz CT molecular complexity index is 1460. The van der Waals surface area contributed by atoms with Crippen LogP contribution >= 0.6 is 23.8 Å². The van der Waals surface area contributed by atoms with Gasteiger partial charge in [0.05, 0.1) is 11.5 Å². The molecule has 9 heteroatoms. The van der Waals surface area contributed by atoms with Gasteiger partial charge in [-0.15, -0.1) is 0 Å². The van der Waals surface area contributed by atoms with E-state index in [9.17, 15) is 0 Å². The van der Waals surface area contributed by atoms with E-state index in [1.807, 2.05) is 47.8 Å². The highest BCUT2D eigenvalue weighted by atomic mass is 35.5. The quantitative estimate of drug-likeness (QED) is 0.184. The summed E-state index contributed by atoms with van der Waals surface area (Å²) in [5.74, 6) is 2.46. The summed E-state index contributed by atoms with van der Waals surface area (Å²) in [6.45, 7) is 7.43. The second-order valence-corrected chi connectivity index (χ2v) is 10.2. The number of aliphatic imine (C=N–C) groups is 1. The van der Waals surface area contributed by atoms with Gasteiger partial charge in [-0.05, 0) is 46.9 Å². The van der Waals surface area contributed by atoms with Crippen LogP contribution in [0.5, 0.6) is 0 Å². The first-order chi connectivity index (χ1) is 18.0. The number of hydrogen-bond acceptors (Lipinski definition) is 3. The Kier molecular flexibility index (Phi) is 7.39. The summed E-state index contributed by atoms with van der Waals surface area (Å²) >= 11 is 11.6. The van der Waals surface area contributed by atoms with Crippen LogP contribution in [0.15, 0.2) is 71.7 Å². The first kappa shape index (κ1) is 25.2. The van der Waals surface area contributed by atoms with Crippen LogP contribution in [0.1, 0.15) is 49.8 Å². The third-order valence-corrected chi connectivity index (χ3v) is 6.79. The molecule has 0 saturated heterocycles. The number of guanidine groups is 1. The maximum Gasteiger partial charge on any atom is 0.354 e. The second kappa shape index (κ2) is 10.9. The molecule has 1 unspecified atom stereocenters. The topological polar surface area (TPSA) is 61.4 Å². The molecule has 0 amide bonds. The molecule has 2 N–H and O–H groups in total. The minimum Gasteiger partial charge on any atom is -0.285 e. The van der Waals surface area contributed by atoms with Crippen LogP contribution in [0, 0.1) is 6.92 Å². The van der Waals surface area contributed by atoms with Crippen LogP contribution in [0.3, 0.4) is 0 Å². The monoisotopic (exact) mass is 532 g/mol. The third kappa shape index (κ3) is 5.17. The van der Waals surface area contributed by atoms with Gasteiger partial charge in [0.25, 0.3) is 5.96 Å². The molecular formula is C28H31ClN7S+. The summed E-state index contributed by atoms with van der Waals surface area (Å²) < 4.78 is 4.20. The number of nitrogens with one attached hydrogen (secondary N) is 2. The van der Waals surface area contributed by atoms with Crippen LogP contribution in [-0.2, 0) is 6.54 Å². The van der Waals surface area contributed by atoms with Crippen LogP contribution in [0.4, 0.5) is 5.95 Å². The fraction of sp³-hybridized carbons (Fsp3) is 0.286. The number of hydrazine groups is 1. The van der Waals surface area contributed by atoms with Crippen molar-refractivity contribution in [1.29, 1.82) is 0 Å². The molecular weight excluding hydrogens is 502 g/mol. The van der Waals surface area contributed by atoms with Gasteiger partial charge >= 0.3 is 5.95 Å². The lowest BCUT2D eigenvalue weighted by Gasteiger charge is -2.35. The van der Waals surface area contributed by atoms with Gasteiger partial charge in [-0.3, -0.25) is 5.43 Å². The predicted octanol–water partition coefficient (Wildman–Crippen LogP) is 5.62. The molecule has 0 spiro atoms. The fourth-order valence-electron chi connectivity index (χ4n) is 4.67. The van der Waals surface area contributed by atoms with E-state index in [-0.39, 0.29) is 6.17 Å². The number of benzene rings is 3. The number of nitrogens with zero attached hydrogens (tertiary/aromatic N) is 5. The average Bonchev–Trinajstić information content (AvgIpc) is 3.19. The van der Waals surface area contributed by atoms with Gasteiger partial charge in [0.2, 0.25) is 12.0 Å². The third-order valence-electron chi connectivity index (χ3n) is 6.45. The average molecular weight is 533 g/mol. The van der Waals surface area contributed by atoms with E-state index < -0.39 is 0 Å². The van der Waals surface area contributed by atoms with Crippen molar-refractivity contribution in [3.05, 3.63) is 88.7 Å². The predicted molar refractivity (Wildman–Crippen MR) is 154 cm³/mol. The molecule has 0 bridgehead atoms. The van der Waals surface area contributed by atoms with Crippen molar-refractivity contribution in [1.82, 2.24) is 20.2 Å². The number of thiocarbonyl (C=S) groups is 1. The van der Waals surface area contributed by atoms with Gasteiger partial charge in [-0.1, -0.05) is 96.4 Å². The molecule has 1 atom stereocenters.